The second kappa shape index (κ2) is 7.98. The quantitative estimate of drug-likeness (QED) is 0.297. The van der Waals surface area contributed by atoms with E-state index in [0.29, 0.717) is 4.47 Å². The number of fused-ring (bicyclic) bond motifs is 3. The maximum Gasteiger partial charge on any atom is 0.456 e. The molecule has 3 aromatic rings. The van der Waals surface area contributed by atoms with Crippen LogP contribution in [0.15, 0.2) is 71.2 Å². The fourth-order valence-electron chi connectivity index (χ4n) is 8.32. The summed E-state index contributed by atoms with van der Waals surface area (Å²) in [6.07, 6.45) is -5.50. The molecule has 1 N–H and O–H groups in total. The zero-order chi connectivity index (χ0) is 30.4. The Morgan fingerprint density at radius 2 is 1.79 bits per heavy atom. The number of benzene rings is 3. The van der Waals surface area contributed by atoms with E-state index in [0.717, 1.165) is 0 Å². The molecule has 3 aromatic carbocycles. The lowest BCUT2D eigenvalue weighted by Crippen LogP contribution is -2.72. The Bertz CT molecular complexity index is 1820. The Morgan fingerprint density at radius 3 is 2.49 bits per heavy atom. The number of rotatable bonds is 3. The number of carbonyl (C=O) groups is 3. The minimum atomic E-state index is -5.50. The fourth-order valence-corrected chi connectivity index (χ4v) is 8.77. The number of nitrogens with one attached hydrogen (secondary N) is 1. The summed E-state index contributed by atoms with van der Waals surface area (Å²) in [4.78, 5) is 43.5. The largest absolute Gasteiger partial charge is 0.464 e. The van der Waals surface area contributed by atoms with Gasteiger partial charge in [-0.15, -0.1) is 0 Å². The molecule has 3 fully saturated rings. The summed E-state index contributed by atoms with van der Waals surface area (Å²) in [5.41, 5.74) is -8.41. The minimum Gasteiger partial charge on any atom is -0.464 e. The zero-order valence-electron chi connectivity index (χ0n) is 21.9. The highest BCUT2D eigenvalue weighted by molar-refractivity contribution is 9.10. The van der Waals surface area contributed by atoms with Crippen LogP contribution >= 0.6 is 27.5 Å². The number of halogens is 5. The molecule has 1 spiro atoms. The normalized spacial score (nSPS) is 35.9. The van der Waals surface area contributed by atoms with Crippen LogP contribution in [0.4, 0.5) is 13.2 Å². The van der Waals surface area contributed by atoms with Crippen LogP contribution in [-0.4, -0.2) is 41.8 Å². The number of hydrogen-bond donors (Lipinski definition) is 1. The van der Waals surface area contributed by atoms with Crippen molar-refractivity contribution in [1.29, 1.82) is 0 Å². The Hall–Kier alpha value is -3.45. The molecule has 0 saturated carbocycles. The highest BCUT2D eigenvalue weighted by Gasteiger charge is 3.07. The van der Waals surface area contributed by atoms with Crippen molar-refractivity contribution >= 4 is 45.3 Å². The topological polar surface area (TPSA) is 100 Å². The van der Waals surface area contributed by atoms with Crippen molar-refractivity contribution in [2.75, 3.05) is 6.61 Å². The van der Waals surface area contributed by atoms with E-state index in [1.165, 1.54) is 67.6 Å². The van der Waals surface area contributed by atoms with Crippen molar-refractivity contribution < 1.29 is 46.5 Å². The summed E-state index contributed by atoms with van der Waals surface area (Å²) in [5.74, 6) is -10.2. The van der Waals surface area contributed by atoms with Gasteiger partial charge in [-0.3, -0.25) is 14.8 Å². The molecule has 8 rings (SSSR count). The number of carbonyl (C=O) groups excluding carboxylic acids is 3. The molecule has 0 amide bonds. The highest BCUT2D eigenvalue weighted by atomic mass is 79.9. The first kappa shape index (κ1) is 27.1. The summed E-state index contributed by atoms with van der Waals surface area (Å²) < 4.78 is 71.6. The molecule has 0 radical (unpaired) electrons. The lowest BCUT2D eigenvalue weighted by molar-refractivity contribution is -0.397. The predicted octanol–water partition coefficient (Wildman–Crippen LogP) is 5.26. The third-order valence-corrected chi connectivity index (χ3v) is 10.2. The average Bonchev–Trinajstić information content (AvgIpc) is 3.56. The number of esters is 2. The zero-order valence-corrected chi connectivity index (χ0v) is 24.2. The van der Waals surface area contributed by atoms with E-state index in [1.54, 1.807) is 6.07 Å². The molecular weight excluding hydrogens is 659 g/mol. The second-order valence-electron chi connectivity index (χ2n) is 11.0. The molecule has 43 heavy (non-hydrogen) atoms. The van der Waals surface area contributed by atoms with E-state index in [9.17, 15) is 9.59 Å². The van der Waals surface area contributed by atoms with Gasteiger partial charge in [0.2, 0.25) is 5.54 Å². The fraction of sp³-hybridized carbons (Fsp3) is 0.300. The standard InChI is InChI=1S/C30H18BrClF3NO7/c1-2-40-23(38)26-24(39)42-29(30(33,34)35)27(26,14-7-9-15(31)10-8-14)25-21(36-26)18-13-16(32)11-12-20(18)41-28(25,43-29)19-6-4-3-5-17(19)22(25)37/h3-13,21,36H,2H2,1H3/t21-,25-,26+,27+,28-,29-/m1/s1. The summed E-state index contributed by atoms with van der Waals surface area (Å²) in [6.45, 7) is 1.16. The van der Waals surface area contributed by atoms with Gasteiger partial charge in [-0.25, -0.2) is 9.59 Å². The molecule has 0 unspecified atom stereocenters. The van der Waals surface area contributed by atoms with Gasteiger partial charge >= 0.3 is 23.9 Å². The molecule has 4 heterocycles. The van der Waals surface area contributed by atoms with Crippen LogP contribution < -0.4 is 10.1 Å². The third-order valence-electron chi connectivity index (χ3n) is 9.44. The van der Waals surface area contributed by atoms with Gasteiger partial charge in [0, 0.05) is 26.2 Å². The van der Waals surface area contributed by atoms with Crippen LogP contribution in [0.2, 0.25) is 5.02 Å². The molecule has 13 heteroatoms. The molecule has 4 aliphatic heterocycles. The first-order valence-electron chi connectivity index (χ1n) is 13.2. The molecule has 220 valence electrons. The van der Waals surface area contributed by atoms with Crippen LogP contribution in [-0.2, 0) is 35.0 Å². The van der Waals surface area contributed by atoms with Crippen molar-refractivity contribution in [3.8, 4) is 5.75 Å². The minimum absolute atomic E-state index is 0.00220. The van der Waals surface area contributed by atoms with Gasteiger partial charge in [-0.1, -0.05) is 63.9 Å². The molecule has 0 aromatic heterocycles. The van der Waals surface area contributed by atoms with Crippen molar-refractivity contribution in [2.24, 2.45) is 5.41 Å². The van der Waals surface area contributed by atoms with Gasteiger partial charge in [0.05, 0.1) is 12.6 Å². The molecular formula is C30H18BrClF3NO7. The van der Waals surface area contributed by atoms with Gasteiger partial charge in [0.25, 0.3) is 5.79 Å². The maximum atomic E-state index is 16.0. The maximum absolute atomic E-state index is 16.0. The van der Waals surface area contributed by atoms with Gasteiger partial charge in [-0.05, 0) is 42.8 Å². The number of ether oxygens (including phenoxy) is 4. The summed E-state index contributed by atoms with van der Waals surface area (Å²) in [6, 6.07) is 14.3. The molecule has 5 aliphatic rings. The summed E-state index contributed by atoms with van der Waals surface area (Å²) in [5, 5.41) is 3.10. The van der Waals surface area contributed by atoms with E-state index >= 15 is 18.0 Å². The monoisotopic (exact) mass is 675 g/mol. The molecule has 6 atom stereocenters. The van der Waals surface area contributed by atoms with Gasteiger partial charge in [-0.2, -0.15) is 13.2 Å². The van der Waals surface area contributed by atoms with Crippen molar-refractivity contribution in [3.05, 3.63) is 98.5 Å². The van der Waals surface area contributed by atoms with E-state index in [4.69, 9.17) is 30.5 Å². The first-order valence-corrected chi connectivity index (χ1v) is 14.4. The van der Waals surface area contributed by atoms with Gasteiger partial charge in [0.1, 0.15) is 16.6 Å². The second-order valence-corrected chi connectivity index (χ2v) is 12.3. The van der Waals surface area contributed by atoms with E-state index < -0.39 is 57.9 Å². The lowest BCUT2D eigenvalue weighted by atomic mass is 9.48. The van der Waals surface area contributed by atoms with Crippen LogP contribution in [0.5, 0.6) is 5.75 Å². The number of Topliss-reactive ketones (excluding diaryl/α,β-unsaturated/α-hetero) is 1. The Kier molecular flexibility index (Phi) is 5.03. The van der Waals surface area contributed by atoms with Crippen LogP contribution in [0.3, 0.4) is 0 Å². The lowest BCUT2D eigenvalue weighted by Gasteiger charge is -2.49. The van der Waals surface area contributed by atoms with Crippen LogP contribution in [0.25, 0.3) is 0 Å². The van der Waals surface area contributed by atoms with Gasteiger partial charge < -0.3 is 14.2 Å². The highest BCUT2D eigenvalue weighted by Crippen LogP contribution is 2.86. The molecule has 3 saturated heterocycles. The van der Waals surface area contributed by atoms with E-state index in [2.05, 4.69) is 21.2 Å². The number of hydrogen-bond acceptors (Lipinski definition) is 8. The van der Waals surface area contributed by atoms with Crippen molar-refractivity contribution in [3.63, 3.8) is 0 Å². The number of ketones is 1. The molecule has 0 bridgehead atoms. The van der Waals surface area contributed by atoms with E-state index in [-0.39, 0.29) is 39.6 Å². The first-order chi connectivity index (χ1) is 20.4. The van der Waals surface area contributed by atoms with E-state index in [1.807, 2.05) is 0 Å². The van der Waals surface area contributed by atoms with Crippen molar-refractivity contribution in [2.45, 2.75) is 41.7 Å². The summed E-state index contributed by atoms with van der Waals surface area (Å²) >= 11 is 9.68. The smallest absolute Gasteiger partial charge is 0.456 e. The number of alkyl halides is 3. The average molecular weight is 677 g/mol. The SMILES string of the molecule is CCOC(=O)[C@]12N[C@@H]3c4cc(Cl)ccc4O[C@]45O[C@](C(F)(F)F)(OC1=O)[C@@]2(c1ccc(Br)cc1)[C@]34C(=O)c1ccccc15. The van der Waals surface area contributed by atoms with Gasteiger partial charge in [0.15, 0.2) is 5.78 Å². The van der Waals surface area contributed by atoms with Crippen molar-refractivity contribution in [1.82, 2.24) is 5.32 Å². The summed E-state index contributed by atoms with van der Waals surface area (Å²) in [7, 11) is 0. The Morgan fingerprint density at radius 1 is 1.07 bits per heavy atom. The molecule has 8 nitrogen and oxygen atoms in total. The Balaban J connectivity index is 1.65. The molecule has 1 aliphatic carbocycles. The van der Waals surface area contributed by atoms with Crippen LogP contribution in [0, 0.1) is 5.41 Å². The van der Waals surface area contributed by atoms with Crippen LogP contribution in [0.1, 0.15) is 40.0 Å². The third kappa shape index (κ3) is 2.50. The predicted molar refractivity (Wildman–Crippen MR) is 144 cm³/mol. The Labute approximate surface area is 254 Å².